The van der Waals surface area contributed by atoms with Crippen molar-refractivity contribution in [1.29, 1.82) is 0 Å². The fourth-order valence-corrected chi connectivity index (χ4v) is 3.67. The van der Waals surface area contributed by atoms with E-state index < -0.39 is 0 Å². The van der Waals surface area contributed by atoms with Crippen LogP contribution in [0.5, 0.6) is 5.75 Å². The van der Waals surface area contributed by atoms with Crippen molar-refractivity contribution in [3.05, 3.63) is 36.7 Å². The summed E-state index contributed by atoms with van der Waals surface area (Å²) >= 11 is 0. The standard InChI is InChI=1S/C20H27N5O2/c1-26-18-5-3-17(4-6-18)23-7-2-8-24(10-9-23)19-15-20(22-16-21-19)25-11-13-27-14-12-25/h3-6,15-16H,2,7-14H2,1H3. The van der Waals surface area contributed by atoms with E-state index in [-0.39, 0.29) is 0 Å². The number of hydrogen-bond donors (Lipinski definition) is 0. The third kappa shape index (κ3) is 4.24. The quantitative estimate of drug-likeness (QED) is 0.817. The molecule has 2 saturated heterocycles. The van der Waals surface area contributed by atoms with Gasteiger partial charge in [0.1, 0.15) is 23.7 Å². The lowest BCUT2D eigenvalue weighted by Gasteiger charge is -2.29. The zero-order valence-corrected chi connectivity index (χ0v) is 15.9. The van der Waals surface area contributed by atoms with Crippen molar-refractivity contribution in [3.8, 4) is 5.75 Å². The number of methoxy groups -OCH3 is 1. The molecule has 2 aliphatic heterocycles. The molecular weight excluding hydrogens is 342 g/mol. The smallest absolute Gasteiger partial charge is 0.134 e. The Balaban J connectivity index is 1.43. The molecule has 2 aliphatic rings. The van der Waals surface area contributed by atoms with Crippen LogP contribution in [0.4, 0.5) is 17.3 Å². The van der Waals surface area contributed by atoms with E-state index in [9.17, 15) is 0 Å². The normalized spacial score (nSPS) is 18.3. The van der Waals surface area contributed by atoms with Crippen LogP contribution in [0.15, 0.2) is 36.7 Å². The third-order valence-electron chi connectivity index (χ3n) is 5.23. The molecule has 0 atom stereocenters. The lowest BCUT2D eigenvalue weighted by Crippen LogP contribution is -2.37. The summed E-state index contributed by atoms with van der Waals surface area (Å²) in [7, 11) is 1.70. The maximum atomic E-state index is 5.44. The highest BCUT2D eigenvalue weighted by Gasteiger charge is 2.19. The lowest BCUT2D eigenvalue weighted by molar-refractivity contribution is 0.122. The molecule has 7 heteroatoms. The first-order valence-electron chi connectivity index (χ1n) is 9.62. The molecule has 4 rings (SSSR count). The summed E-state index contributed by atoms with van der Waals surface area (Å²) in [4.78, 5) is 16.1. The first-order chi connectivity index (χ1) is 13.3. The van der Waals surface area contributed by atoms with Gasteiger partial charge in [-0.1, -0.05) is 0 Å². The summed E-state index contributed by atoms with van der Waals surface area (Å²) in [6.07, 6.45) is 2.79. The van der Waals surface area contributed by atoms with Gasteiger partial charge in [0.15, 0.2) is 0 Å². The molecule has 0 saturated carbocycles. The highest BCUT2D eigenvalue weighted by Crippen LogP contribution is 2.23. The Morgan fingerprint density at radius 1 is 0.815 bits per heavy atom. The van der Waals surface area contributed by atoms with Crippen LogP contribution in [0.3, 0.4) is 0 Å². The molecule has 2 fully saturated rings. The summed E-state index contributed by atoms with van der Waals surface area (Å²) < 4.78 is 10.7. The number of anilines is 3. The molecule has 2 aromatic rings. The molecule has 0 aliphatic carbocycles. The minimum atomic E-state index is 0.764. The molecule has 3 heterocycles. The Morgan fingerprint density at radius 2 is 1.44 bits per heavy atom. The van der Waals surface area contributed by atoms with Crippen LogP contribution in [-0.2, 0) is 4.74 Å². The SMILES string of the molecule is COc1ccc(N2CCCN(c3cc(N4CCOCC4)ncn3)CC2)cc1. The van der Waals surface area contributed by atoms with Gasteiger partial charge >= 0.3 is 0 Å². The van der Waals surface area contributed by atoms with Crippen LogP contribution >= 0.6 is 0 Å². The molecule has 1 aromatic heterocycles. The van der Waals surface area contributed by atoms with E-state index in [4.69, 9.17) is 9.47 Å². The molecular formula is C20H27N5O2. The second-order valence-corrected chi connectivity index (χ2v) is 6.86. The highest BCUT2D eigenvalue weighted by molar-refractivity contribution is 5.52. The average Bonchev–Trinajstić information content (AvgIpc) is 3.01. The van der Waals surface area contributed by atoms with Gasteiger partial charge in [0.25, 0.3) is 0 Å². The monoisotopic (exact) mass is 369 g/mol. The fraction of sp³-hybridized carbons (Fsp3) is 0.500. The van der Waals surface area contributed by atoms with Gasteiger partial charge in [0.05, 0.1) is 20.3 Å². The van der Waals surface area contributed by atoms with Gasteiger partial charge in [-0.05, 0) is 30.7 Å². The molecule has 0 N–H and O–H groups in total. The number of benzene rings is 1. The van der Waals surface area contributed by atoms with E-state index in [0.717, 1.165) is 76.3 Å². The number of aromatic nitrogens is 2. The summed E-state index contributed by atoms with van der Waals surface area (Å²) in [5, 5.41) is 0. The molecule has 0 amide bonds. The van der Waals surface area contributed by atoms with Gasteiger partial charge < -0.3 is 24.2 Å². The second-order valence-electron chi connectivity index (χ2n) is 6.86. The van der Waals surface area contributed by atoms with E-state index in [1.807, 2.05) is 12.1 Å². The number of ether oxygens (including phenoxy) is 2. The molecule has 0 bridgehead atoms. The van der Waals surface area contributed by atoms with Crippen LogP contribution in [0.2, 0.25) is 0 Å². The topological polar surface area (TPSA) is 54.0 Å². The average molecular weight is 369 g/mol. The minimum Gasteiger partial charge on any atom is -0.497 e. The van der Waals surface area contributed by atoms with E-state index in [1.165, 1.54) is 5.69 Å². The van der Waals surface area contributed by atoms with E-state index >= 15 is 0 Å². The van der Waals surface area contributed by atoms with E-state index in [1.54, 1.807) is 13.4 Å². The van der Waals surface area contributed by atoms with Gasteiger partial charge in [0.2, 0.25) is 0 Å². The number of morpholine rings is 1. The van der Waals surface area contributed by atoms with Crippen LogP contribution in [-0.4, -0.2) is 69.6 Å². The predicted octanol–water partition coefficient (Wildman–Crippen LogP) is 2.04. The Morgan fingerprint density at radius 3 is 2.15 bits per heavy atom. The largest absolute Gasteiger partial charge is 0.497 e. The zero-order chi connectivity index (χ0) is 18.5. The van der Waals surface area contributed by atoms with E-state index in [2.05, 4.69) is 42.9 Å². The Kier molecular flexibility index (Phi) is 5.58. The van der Waals surface area contributed by atoms with Crippen molar-refractivity contribution in [1.82, 2.24) is 9.97 Å². The molecule has 1 aromatic carbocycles. The van der Waals surface area contributed by atoms with Crippen molar-refractivity contribution >= 4 is 17.3 Å². The summed E-state index contributed by atoms with van der Waals surface area (Å²) in [5.41, 5.74) is 1.24. The number of rotatable bonds is 4. The first kappa shape index (κ1) is 17.9. The molecule has 144 valence electrons. The van der Waals surface area contributed by atoms with Crippen LogP contribution in [0.25, 0.3) is 0 Å². The van der Waals surface area contributed by atoms with Crippen LogP contribution in [0, 0.1) is 0 Å². The molecule has 27 heavy (non-hydrogen) atoms. The summed E-state index contributed by atoms with van der Waals surface area (Å²) in [6.45, 7) is 7.29. The van der Waals surface area contributed by atoms with Crippen LogP contribution in [0.1, 0.15) is 6.42 Å². The molecule has 0 unspecified atom stereocenters. The van der Waals surface area contributed by atoms with Crippen molar-refractivity contribution in [2.75, 3.05) is 74.3 Å². The molecule has 7 nitrogen and oxygen atoms in total. The van der Waals surface area contributed by atoms with Gasteiger partial charge in [-0.15, -0.1) is 0 Å². The van der Waals surface area contributed by atoms with Gasteiger partial charge in [-0.2, -0.15) is 0 Å². The van der Waals surface area contributed by atoms with Gasteiger partial charge in [-0.3, -0.25) is 0 Å². The Bertz CT molecular complexity index is 733. The minimum absolute atomic E-state index is 0.764. The van der Waals surface area contributed by atoms with Crippen molar-refractivity contribution in [3.63, 3.8) is 0 Å². The maximum absolute atomic E-state index is 5.44. The lowest BCUT2D eigenvalue weighted by atomic mass is 10.2. The van der Waals surface area contributed by atoms with Gasteiger partial charge in [0, 0.05) is 51.0 Å². The van der Waals surface area contributed by atoms with Crippen molar-refractivity contribution in [2.45, 2.75) is 6.42 Å². The van der Waals surface area contributed by atoms with Crippen LogP contribution < -0.4 is 19.4 Å². The van der Waals surface area contributed by atoms with Crippen molar-refractivity contribution in [2.24, 2.45) is 0 Å². The Labute approximate surface area is 160 Å². The van der Waals surface area contributed by atoms with Gasteiger partial charge in [-0.25, -0.2) is 9.97 Å². The zero-order valence-electron chi connectivity index (χ0n) is 15.9. The number of hydrogen-bond acceptors (Lipinski definition) is 7. The maximum Gasteiger partial charge on any atom is 0.134 e. The van der Waals surface area contributed by atoms with Crippen molar-refractivity contribution < 1.29 is 9.47 Å². The first-order valence-corrected chi connectivity index (χ1v) is 9.62. The number of nitrogens with zero attached hydrogens (tertiary/aromatic N) is 5. The Hall–Kier alpha value is -2.54. The highest BCUT2D eigenvalue weighted by atomic mass is 16.5. The van der Waals surface area contributed by atoms with E-state index in [0.29, 0.717) is 0 Å². The third-order valence-corrected chi connectivity index (χ3v) is 5.23. The summed E-state index contributed by atoms with van der Waals surface area (Å²) in [6, 6.07) is 10.4. The second kappa shape index (κ2) is 8.43. The fourth-order valence-electron chi connectivity index (χ4n) is 3.67. The summed E-state index contributed by atoms with van der Waals surface area (Å²) in [5.74, 6) is 2.91. The molecule has 0 spiro atoms. The predicted molar refractivity (Wildman–Crippen MR) is 107 cm³/mol. The molecule has 0 radical (unpaired) electrons.